The summed E-state index contributed by atoms with van der Waals surface area (Å²) in [6.07, 6.45) is 20.0. The summed E-state index contributed by atoms with van der Waals surface area (Å²) in [5.74, 6) is 0. The Morgan fingerprint density at radius 3 is 0.692 bits per heavy atom. The molecule has 2 rings (SSSR count). The van der Waals surface area contributed by atoms with Gasteiger partial charge < -0.3 is 0 Å². The molecule has 0 unspecified atom stereocenters. The Hall–Kier alpha value is -0.326. The molecule has 1 heteroatoms. The van der Waals surface area contributed by atoms with Crippen molar-refractivity contribution in [2.75, 3.05) is 0 Å². The molecular formula is C12H16Ti. The first-order chi connectivity index (χ1) is 5.00. The van der Waals surface area contributed by atoms with E-state index < -0.39 is 0 Å². The van der Waals surface area contributed by atoms with Crippen molar-refractivity contribution in [3.05, 3.63) is 76.3 Å². The van der Waals surface area contributed by atoms with Crippen molar-refractivity contribution in [1.82, 2.24) is 0 Å². The summed E-state index contributed by atoms with van der Waals surface area (Å²) in [5, 5.41) is 0. The third-order valence-electron chi connectivity index (χ3n) is 1.11. The normalized spacial score (nSPS) is 13.5. The molecule has 2 aliphatic carbocycles. The number of allylic oxidation sites excluding steroid dienone is 8. The molecule has 0 aromatic rings. The molecule has 0 heterocycles. The number of rotatable bonds is 0. The van der Waals surface area contributed by atoms with E-state index in [0.717, 1.165) is 0 Å². The van der Waals surface area contributed by atoms with E-state index in [1.54, 1.807) is 0 Å². The molecule has 0 saturated heterocycles. The molecule has 0 nitrogen and oxygen atoms in total. The molecule has 0 saturated carbocycles. The smallest absolute Gasteiger partial charge is 0.00506 e. The van der Waals surface area contributed by atoms with Gasteiger partial charge in [0.2, 0.25) is 0 Å². The van der Waals surface area contributed by atoms with Crippen LogP contribution in [-0.4, -0.2) is 0 Å². The van der Waals surface area contributed by atoms with Crippen LogP contribution in [-0.2, 0) is 21.7 Å². The van der Waals surface area contributed by atoms with Crippen LogP contribution in [0.25, 0.3) is 0 Å². The van der Waals surface area contributed by atoms with E-state index in [4.69, 9.17) is 0 Å². The summed E-state index contributed by atoms with van der Waals surface area (Å²) in [5.41, 5.74) is 0. The first-order valence-electron chi connectivity index (χ1n) is 3.33. The first kappa shape index (κ1) is 18.5. The van der Waals surface area contributed by atoms with Gasteiger partial charge in [-0.2, -0.15) is 0 Å². The Morgan fingerprint density at radius 1 is 0.385 bits per heavy atom. The van der Waals surface area contributed by atoms with Crippen molar-refractivity contribution in [2.24, 2.45) is 0 Å². The summed E-state index contributed by atoms with van der Waals surface area (Å²) < 4.78 is 0. The largest absolute Gasteiger partial charge is 0.0767 e. The average Bonchev–Trinajstić information content (AvgIpc) is 2.67. The predicted octanol–water partition coefficient (Wildman–Crippen LogP) is 3.53. The Labute approximate surface area is 98.0 Å². The van der Waals surface area contributed by atoms with Gasteiger partial charge in [0, 0.05) is 34.6 Å². The monoisotopic (exact) mass is 208 g/mol. The topological polar surface area (TPSA) is 0 Å². The van der Waals surface area contributed by atoms with Gasteiger partial charge in [0.15, 0.2) is 0 Å². The maximum atomic E-state index is 2.00. The zero-order valence-corrected chi connectivity index (χ0v) is 9.84. The third kappa shape index (κ3) is 11.7. The molecule has 0 fully saturated rings. The van der Waals surface area contributed by atoms with Crippen molar-refractivity contribution in [3.8, 4) is 0 Å². The number of hydrogen-bond donors (Lipinski definition) is 0. The van der Waals surface area contributed by atoms with E-state index in [0.29, 0.717) is 0 Å². The van der Waals surface area contributed by atoms with Crippen molar-refractivity contribution in [2.45, 2.75) is 0 Å². The summed E-state index contributed by atoms with van der Waals surface area (Å²) >= 11 is 0. The molecule has 0 N–H and O–H groups in total. The van der Waals surface area contributed by atoms with Gasteiger partial charge in [-0.25, -0.2) is 0 Å². The maximum Gasteiger partial charge on any atom is 0.00506 e. The van der Waals surface area contributed by atoms with Crippen LogP contribution in [0.2, 0.25) is 0 Å². The van der Waals surface area contributed by atoms with Gasteiger partial charge in [0.1, 0.15) is 0 Å². The van der Waals surface area contributed by atoms with E-state index in [-0.39, 0.29) is 36.6 Å². The Kier molecular flexibility index (Phi) is 20.2. The first-order valence-corrected chi connectivity index (χ1v) is 3.33. The molecule has 0 aromatic heterocycles. The fourth-order valence-electron chi connectivity index (χ4n) is 0.642. The van der Waals surface area contributed by atoms with Crippen LogP contribution in [0.1, 0.15) is 0 Å². The molecule has 0 atom stereocenters. The fourth-order valence-corrected chi connectivity index (χ4v) is 0.642. The molecule has 0 aliphatic heterocycles. The van der Waals surface area contributed by atoms with Gasteiger partial charge in [-0.15, -0.1) is 0 Å². The van der Waals surface area contributed by atoms with Crippen LogP contribution < -0.4 is 0 Å². The van der Waals surface area contributed by atoms with E-state index in [9.17, 15) is 0 Å². The second kappa shape index (κ2) is 14.2. The van der Waals surface area contributed by atoms with Crippen LogP contribution in [0.3, 0.4) is 0 Å². The summed E-state index contributed by atoms with van der Waals surface area (Å²) in [4.78, 5) is 0. The molecule has 0 spiro atoms. The SMILES string of the molecule is [CH3].[CH3].[CH]1C=CC=C1.[CH]1C=CC=C1.[Ti]. The predicted molar refractivity (Wildman–Crippen MR) is 58.0 cm³/mol. The zero-order valence-electron chi connectivity index (χ0n) is 8.27. The van der Waals surface area contributed by atoms with Crippen molar-refractivity contribution < 1.29 is 21.7 Å². The Balaban J connectivity index is -0.000000125. The summed E-state index contributed by atoms with van der Waals surface area (Å²) in [7, 11) is 0. The quantitative estimate of drug-likeness (QED) is 0.534. The standard InChI is InChI=1S/2C5H5.2CH3.Ti/c2*1-2-4-5-3-1;;;/h2*1-5H;2*1H3;. The van der Waals surface area contributed by atoms with Gasteiger partial charge in [-0.1, -0.05) is 63.5 Å². The molecule has 0 amide bonds. The Morgan fingerprint density at radius 2 is 0.615 bits per heavy atom. The van der Waals surface area contributed by atoms with Gasteiger partial charge >= 0.3 is 0 Å². The van der Waals surface area contributed by atoms with Crippen LogP contribution >= 0.6 is 0 Å². The van der Waals surface area contributed by atoms with Gasteiger partial charge in [0.25, 0.3) is 0 Å². The minimum absolute atomic E-state index is 0. The van der Waals surface area contributed by atoms with Crippen LogP contribution in [0.15, 0.2) is 48.6 Å². The molecule has 68 valence electrons. The molecule has 4 radical (unpaired) electrons. The van der Waals surface area contributed by atoms with Crippen LogP contribution in [0.5, 0.6) is 0 Å². The van der Waals surface area contributed by atoms with Crippen molar-refractivity contribution >= 4 is 0 Å². The molecule has 0 bridgehead atoms. The molecular weight excluding hydrogens is 192 g/mol. The van der Waals surface area contributed by atoms with Gasteiger partial charge in [-0.3, -0.25) is 0 Å². The van der Waals surface area contributed by atoms with E-state index in [1.807, 2.05) is 61.4 Å². The summed E-state index contributed by atoms with van der Waals surface area (Å²) in [6, 6.07) is 0. The second-order valence-corrected chi connectivity index (χ2v) is 1.92. The van der Waals surface area contributed by atoms with E-state index in [2.05, 4.69) is 0 Å². The van der Waals surface area contributed by atoms with Crippen LogP contribution in [0.4, 0.5) is 0 Å². The third-order valence-corrected chi connectivity index (χ3v) is 1.11. The average molecular weight is 208 g/mol. The van der Waals surface area contributed by atoms with Gasteiger partial charge in [0.05, 0.1) is 0 Å². The van der Waals surface area contributed by atoms with Crippen LogP contribution in [0, 0.1) is 27.7 Å². The maximum absolute atomic E-state index is 2.00. The van der Waals surface area contributed by atoms with Gasteiger partial charge in [-0.05, 0) is 0 Å². The number of hydrogen-bond acceptors (Lipinski definition) is 0. The fraction of sp³-hybridized carbons (Fsp3) is 0. The van der Waals surface area contributed by atoms with Crippen molar-refractivity contribution in [3.63, 3.8) is 0 Å². The zero-order chi connectivity index (χ0) is 7.07. The minimum Gasteiger partial charge on any atom is -0.0767 e. The summed E-state index contributed by atoms with van der Waals surface area (Å²) in [6.45, 7) is 0. The molecule has 0 aromatic carbocycles. The van der Waals surface area contributed by atoms with Crippen molar-refractivity contribution in [1.29, 1.82) is 0 Å². The molecule has 2 aliphatic rings. The van der Waals surface area contributed by atoms with E-state index >= 15 is 0 Å². The van der Waals surface area contributed by atoms with E-state index in [1.165, 1.54) is 0 Å². The minimum atomic E-state index is 0. The molecule has 13 heavy (non-hydrogen) atoms. The Bertz CT molecular complexity index is 143. The second-order valence-electron chi connectivity index (χ2n) is 1.92.